The minimum Gasteiger partial charge on any atom is -0.496 e. The summed E-state index contributed by atoms with van der Waals surface area (Å²) in [5, 5.41) is 5.53. The minimum atomic E-state index is -0.570. The van der Waals surface area contributed by atoms with Gasteiger partial charge < -0.3 is 20.1 Å². The van der Waals surface area contributed by atoms with Gasteiger partial charge in [0.25, 0.3) is 0 Å². The number of hydrogen-bond donors (Lipinski definition) is 2. The molecule has 1 atom stereocenters. The molecule has 2 amide bonds. The molecule has 6 nitrogen and oxygen atoms in total. The average molecular weight is 437 g/mol. The Labute approximate surface area is 167 Å². The van der Waals surface area contributed by atoms with E-state index in [1.165, 1.54) is 12.8 Å². The van der Waals surface area contributed by atoms with Gasteiger partial charge in [-0.05, 0) is 66.2 Å². The van der Waals surface area contributed by atoms with Gasteiger partial charge in [-0.2, -0.15) is 0 Å². The Balaban J connectivity index is 1.87. The van der Waals surface area contributed by atoms with Crippen LogP contribution in [0, 0.1) is 0 Å². The molecular formula is C20H25BrN2O4. The molecule has 0 spiro atoms. The maximum absolute atomic E-state index is 13.0. The highest BCUT2D eigenvalue weighted by Crippen LogP contribution is 2.33. The Hall–Kier alpha value is -2.02. The van der Waals surface area contributed by atoms with Gasteiger partial charge in [-0.15, -0.1) is 0 Å². The molecule has 0 saturated heterocycles. The summed E-state index contributed by atoms with van der Waals surface area (Å²) >= 11 is 3.46. The van der Waals surface area contributed by atoms with Crippen LogP contribution in [0.15, 0.2) is 33.9 Å². The maximum Gasteiger partial charge on any atom is 0.338 e. The molecule has 1 heterocycles. The number of esters is 1. The fraction of sp³-hybridized carbons (Fsp3) is 0.500. The third-order valence-corrected chi connectivity index (χ3v) is 5.69. The third kappa shape index (κ3) is 4.64. The summed E-state index contributed by atoms with van der Waals surface area (Å²) in [6.07, 6.45) is 6.29. The van der Waals surface area contributed by atoms with Crippen molar-refractivity contribution in [2.24, 2.45) is 0 Å². The normalized spacial score (nSPS) is 21.1. The number of nitrogens with one attached hydrogen (secondary N) is 2. The summed E-state index contributed by atoms with van der Waals surface area (Å²) in [6, 6.07) is 4.58. The zero-order chi connectivity index (χ0) is 19.4. The Morgan fingerprint density at radius 1 is 1.19 bits per heavy atom. The molecule has 2 N–H and O–H groups in total. The molecule has 3 rings (SSSR count). The molecule has 27 heavy (non-hydrogen) atoms. The highest BCUT2D eigenvalue weighted by molar-refractivity contribution is 9.10. The molecule has 0 radical (unpaired) electrons. The standard InChI is InChI=1S/C20H25BrN2O4/c1-12-17(19(24)27-14-7-5-3-4-6-8-14)18(23-20(25)22-12)13-9-10-16(26-2)15(21)11-13/h9-11,14,18H,3-8H2,1-2H3,(H2,22,23,25). The smallest absolute Gasteiger partial charge is 0.338 e. The van der Waals surface area contributed by atoms with Crippen molar-refractivity contribution in [3.8, 4) is 5.75 Å². The van der Waals surface area contributed by atoms with Crippen molar-refractivity contribution in [1.82, 2.24) is 10.6 Å². The van der Waals surface area contributed by atoms with Crippen LogP contribution in [-0.2, 0) is 9.53 Å². The fourth-order valence-corrected chi connectivity index (χ4v) is 4.21. The van der Waals surface area contributed by atoms with E-state index in [0.29, 0.717) is 17.0 Å². The Bertz CT molecular complexity index is 754. The number of rotatable bonds is 4. The lowest BCUT2D eigenvalue weighted by atomic mass is 9.95. The highest BCUT2D eigenvalue weighted by Gasteiger charge is 2.33. The van der Waals surface area contributed by atoms with Gasteiger partial charge in [0.05, 0.1) is 23.2 Å². The van der Waals surface area contributed by atoms with Crippen LogP contribution < -0.4 is 15.4 Å². The second kappa shape index (κ2) is 8.78. The Kier molecular flexibility index (Phi) is 6.42. The number of allylic oxidation sites excluding steroid dienone is 1. The van der Waals surface area contributed by atoms with Crippen LogP contribution in [0.3, 0.4) is 0 Å². The second-order valence-corrected chi connectivity index (χ2v) is 7.84. The van der Waals surface area contributed by atoms with Crippen LogP contribution in [0.4, 0.5) is 4.79 Å². The number of urea groups is 1. The van der Waals surface area contributed by atoms with E-state index in [9.17, 15) is 9.59 Å². The van der Waals surface area contributed by atoms with E-state index in [-0.39, 0.29) is 18.1 Å². The van der Waals surface area contributed by atoms with Crippen LogP contribution >= 0.6 is 15.9 Å². The minimum absolute atomic E-state index is 0.0545. The zero-order valence-corrected chi connectivity index (χ0v) is 17.2. The molecule has 1 aliphatic heterocycles. The van der Waals surface area contributed by atoms with Crippen LogP contribution in [0.5, 0.6) is 5.75 Å². The number of ether oxygens (including phenoxy) is 2. The van der Waals surface area contributed by atoms with E-state index in [1.807, 2.05) is 12.1 Å². The summed E-state index contributed by atoms with van der Waals surface area (Å²) in [4.78, 5) is 25.0. The zero-order valence-electron chi connectivity index (χ0n) is 15.6. The molecule has 1 aliphatic carbocycles. The first-order valence-corrected chi connectivity index (χ1v) is 10.1. The lowest BCUT2D eigenvalue weighted by Crippen LogP contribution is -2.45. The number of amides is 2. The fourth-order valence-electron chi connectivity index (χ4n) is 3.65. The summed E-state index contributed by atoms with van der Waals surface area (Å²) in [5.41, 5.74) is 1.75. The highest BCUT2D eigenvalue weighted by atomic mass is 79.9. The van der Waals surface area contributed by atoms with Crippen LogP contribution in [0.25, 0.3) is 0 Å². The maximum atomic E-state index is 13.0. The molecule has 146 valence electrons. The average Bonchev–Trinajstić information content (AvgIpc) is 2.89. The molecule has 0 aromatic heterocycles. The lowest BCUT2D eigenvalue weighted by Gasteiger charge is -2.29. The molecule has 7 heteroatoms. The van der Waals surface area contributed by atoms with Gasteiger partial charge in [0.15, 0.2) is 0 Å². The first kappa shape index (κ1) is 19.7. The van der Waals surface area contributed by atoms with Gasteiger partial charge >= 0.3 is 12.0 Å². The van der Waals surface area contributed by atoms with Crippen molar-refractivity contribution in [1.29, 1.82) is 0 Å². The molecule has 1 saturated carbocycles. The second-order valence-electron chi connectivity index (χ2n) is 6.98. The van der Waals surface area contributed by atoms with Gasteiger partial charge in [0.2, 0.25) is 0 Å². The molecule has 2 aliphatic rings. The predicted molar refractivity (Wildman–Crippen MR) is 105 cm³/mol. The van der Waals surface area contributed by atoms with E-state index < -0.39 is 6.04 Å². The predicted octanol–water partition coefficient (Wildman–Crippen LogP) is 4.35. The summed E-state index contributed by atoms with van der Waals surface area (Å²) in [5.74, 6) is 0.311. The first-order chi connectivity index (χ1) is 13.0. The third-order valence-electron chi connectivity index (χ3n) is 5.07. The molecule has 1 aromatic rings. The number of carbonyl (C=O) groups is 2. The van der Waals surface area contributed by atoms with Crippen LogP contribution in [-0.4, -0.2) is 25.2 Å². The monoisotopic (exact) mass is 436 g/mol. The van der Waals surface area contributed by atoms with E-state index in [1.54, 1.807) is 20.1 Å². The van der Waals surface area contributed by atoms with Gasteiger partial charge in [-0.25, -0.2) is 9.59 Å². The quantitative estimate of drug-likeness (QED) is 0.543. The molecule has 1 unspecified atom stereocenters. The van der Waals surface area contributed by atoms with Crippen molar-refractivity contribution in [2.75, 3.05) is 7.11 Å². The number of hydrogen-bond acceptors (Lipinski definition) is 4. The number of halogens is 1. The summed E-state index contributed by atoms with van der Waals surface area (Å²) in [7, 11) is 1.59. The number of carbonyl (C=O) groups excluding carboxylic acids is 2. The van der Waals surface area contributed by atoms with Gasteiger partial charge in [0.1, 0.15) is 11.9 Å². The molecular weight excluding hydrogens is 412 g/mol. The van der Waals surface area contributed by atoms with Gasteiger partial charge in [-0.1, -0.05) is 18.9 Å². The number of methoxy groups -OCH3 is 1. The largest absolute Gasteiger partial charge is 0.496 e. The van der Waals surface area contributed by atoms with Crippen molar-refractivity contribution < 1.29 is 19.1 Å². The summed E-state index contributed by atoms with van der Waals surface area (Å²) in [6.45, 7) is 1.73. The van der Waals surface area contributed by atoms with E-state index in [4.69, 9.17) is 9.47 Å². The molecule has 0 bridgehead atoms. The molecule has 1 fully saturated rings. The van der Waals surface area contributed by atoms with Crippen molar-refractivity contribution >= 4 is 27.9 Å². The molecule has 1 aromatic carbocycles. The van der Waals surface area contributed by atoms with E-state index in [2.05, 4.69) is 26.6 Å². The SMILES string of the molecule is COc1ccc(C2NC(=O)NC(C)=C2C(=O)OC2CCCCCC2)cc1Br. The van der Waals surface area contributed by atoms with Gasteiger partial charge in [0, 0.05) is 5.70 Å². The van der Waals surface area contributed by atoms with E-state index >= 15 is 0 Å². The lowest BCUT2D eigenvalue weighted by molar-refractivity contribution is -0.145. The first-order valence-electron chi connectivity index (χ1n) is 9.32. The summed E-state index contributed by atoms with van der Waals surface area (Å²) < 4.78 is 11.8. The van der Waals surface area contributed by atoms with Crippen LogP contribution in [0.2, 0.25) is 0 Å². The van der Waals surface area contributed by atoms with Crippen LogP contribution in [0.1, 0.15) is 57.1 Å². The van der Waals surface area contributed by atoms with Crippen molar-refractivity contribution in [3.05, 3.63) is 39.5 Å². The van der Waals surface area contributed by atoms with Gasteiger partial charge in [-0.3, -0.25) is 0 Å². The van der Waals surface area contributed by atoms with E-state index in [0.717, 1.165) is 35.7 Å². The topological polar surface area (TPSA) is 76.7 Å². The van der Waals surface area contributed by atoms with Crippen molar-refractivity contribution in [3.63, 3.8) is 0 Å². The van der Waals surface area contributed by atoms with Crippen molar-refractivity contribution in [2.45, 2.75) is 57.6 Å². The Morgan fingerprint density at radius 3 is 2.52 bits per heavy atom. The number of benzene rings is 1. The Morgan fingerprint density at radius 2 is 1.89 bits per heavy atom.